The maximum Gasteiger partial charge on any atom is 0.335 e. The summed E-state index contributed by atoms with van der Waals surface area (Å²) >= 11 is 0. The first-order valence-electron chi connectivity index (χ1n) is 7.56. The summed E-state index contributed by atoms with van der Waals surface area (Å²) in [4.78, 5) is 25.3. The van der Waals surface area contributed by atoms with Crippen LogP contribution in [0.5, 0.6) is 0 Å². The Hall–Kier alpha value is -1.84. The van der Waals surface area contributed by atoms with Gasteiger partial charge in [-0.2, -0.15) is 0 Å². The molecule has 1 fully saturated rings. The van der Waals surface area contributed by atoms with Gasteiger partial charge in [0.05, 0.1) is 5.56 Å². The van der Waals surface area contributed by atoms with Crippen LogP contribution in [0.3, 0.4) is 0 Å². The molecule has 0 unspecified atom stereocenters. The Balaban J connectivity index is 2.05. The highest BCUT2D eigenvalue weighted by molar-refractivity contribution is 5.87. The Morgan fingerprint density at radius 2 is 1.76 bits per heavy atom. The maximum atomic E-state index is 12.7. The van der Waals surface area contributed by atoms with Gasteiger partial charge in [-0.3, -0.25) is 4.79 Å². The normalized spacial score (nSPS) is 16.7. The van der Waals surface area contributed by atoms with E-state index in [1.54, 1.807) is 29.2 Å². The van der Waals surface area contributed by atoms with Crippen LogP contribution in [0, 0.1) is 5.41 Å². The minimum Gasteiger partial charge on any atom is -0.478 e. The largest absolute Gasteiger partial charge is 0.478 e. The van der Waals surface area contributed by atoms with E-state index in [9.17, 15) is 9.59 Å². The fourth-order valence-corrected chi connectivity index (χ4v) is 3.27. The third-order valence-electron chi connectivity index (χ3n) is 4.66. The summed E-state index contributed by atoms with van der Waals surface area (Å²) in [5.41, 5.74) is 1.06. The summed E-state index contributed by atoms with van der Waals surface area (Å²) in [5, 5.41) is 8.89. The second-order valence-corrected chi connectivity index (χ2v) is 6.00. The van der Waals surface area contributed by atoms with E-state index < -0.39 is 5.97 Å². The molecule has 21 heavy (non-hydrogen) atoms. The van der Waals surface area contributed by atoms with Gasteiger partial charge in [0.25, 0.3) is 0 Å². The van der Waals surface area contributed by atoms with Gasteiger partial charge in [-0.15, -0.1) is 0 Å². The van der Waals surface area contributed by atoms with Gasteiger partial charge in [0.1, 0.15) is 0 Å². The summed E-state index contributed by atoms with van der Waals surface area (Å²) in [6.07, 6.45) is 5.16. The Kier molecular flexibility index (Phi) is 4.66. The van der Waals surface area contributed by atoms with Crippen molar-refractivity contribution in [3.8, 4) is 0 Å². The van der Waals surface area contributed by atoms with E-state index in [1.807, 2.05) is 7.05 Å². The zero-order valence-corrected chi connectivity index (χ0v) is 12.8. The molecule has 0 saturated heterocycles. The van der Waals surface area contributed by atoms with Crippen molar-refractivity contribution < 1.29 is 14.7 Å². The molecular formula is C17H23NO3. The highest BCUT2D eigenvalue weighted by atomic mass is 16.4. The van der Waals surface area contributed by atoms with Crippen LogP contribution in [-0.4, -0.2) is 28.9 Å². The van der Waals surface area contributed by atoms with Crippen LogP contribution < -0.4 is 0 Å². The highest BCUT2D eigenvalue weighted by Crippen LogP contribution is 2.42. The van der Waals surface area contributed by atoms with Crippen molar-refractivity contribution in [1.82, 2.24) is 4.90 Å². The van der Waals surface area contributed by atoms with Crippen LogP contribution in [0.2, 0.25) is 0 Å². The van der Waals surface area contributed by atoms with Gasteiger partial charge < -0.3 is 10.0 Å². The van der Waals surface area contributed by atoms with Crippen molar-refractivity contribution in [2.75, 3.05) is 7.05 Å². The van der Waals surface area contributed by atoms with Gasteiger partial charge >= 0.3 is 5.97 Å². The lowest BCUT2D eigenvalue weighted by atomic mass is 9.82. The van der Waals surface area contributed by atoms with Crippen LogP contribution in [0.1, 0.15) is 54.9 Å². The van der Waals surface area contributed by atoms with Crippen molar-refractivity contribution in [2.24, 2.45) is 5.41 Å². The van der Waals surface area contributed by atoms with E-state index in [-0.39, 0.29) is 16.9 Å². The Morgan fingerprint density at radius 1 is 1.19 bits per heavy atom. The second kappa shape index (κ2) is 6.29. The third kappa shape index (κ3) is 3.26. The molecule has 4 nitrogen and oxygen atoms in total. The molecule has 1 amide bonds. The van der Waals surface area contributed by atoms with E-state index >= 15 is 0 Å². The minimum atomic E-state index is -0.929. The molecule has 0 heterocycles. The fraction of sp³-hybridized carbons (Fsp3) is 0.529. The molecule has 2 rings (SSSR count). The molecule has 1 aliphatic carbocycles. The molecule has 1 saturated carbocycles. The van der Waals surface area contributed by atoms with E-state index in [4.69, 9.17) is 5.11 Å². The summed E-state index contributed by atoms with van der Waals surface area (Å²) < 4.78 is 0. The van der Waals surface area contributed by atoms with Crippen molar-refractivity contribution in [2.45, 2.75) is 45.6 Å². The van der Waals surface area contributed by atoms with Gasteiger partial charge in [-0.05, 0) is 37.0 Å². The molecule has 0 aromatic heterocycles. The summed E-state index contributed by atoms with van der Waals surface area (Å²) in [5.74, 6) is -0.702. The lowest BCUT2D eigenvalue weighted by Gasteiger charge is -2.31. The van der Waals surface area contributed by atoms with Crippen LogP contribution in [0.4, 0.5) is 0 Å². The smallest absolute Gasteiger partial charge is 0.335 e. The highest BCUT2D eigenvalue weighted by Gasteiger charge is 2.40. The zero-order chi connectivity index (χ0) is 15.5. The molecular weight excluding hydrogens is 266 g/mol. The molecule has 0 atom stereocenters. The standard InChI is InChI=1S/C17H23NO3/c1-3-17(10-4-5-11-17)16(21)18(2)12-13-6-8-14(9-7-13)15(19)20/h6-9H,3-5,10-12H2,1-2H3,(H,19,20). The molecule has 1 aromatic rings. The van der Waals surface area contributed by atoms with Crippen molar-refractivity contribution in [1.29, 1.82) is 0 Å². The Morgan fingerprint density at radius 3 is 2.24 bits per heavy atom. The predicted molar refractivity (Wildman–Crippen MR) is 81.1 cm³/mol. The number of hydrogen-bond donors (Lipinski definition) is 1. The number of benzene rings is 1. The molecule has 1 N–H and O–H groups in total. The lowest BCUT2D eigenvalue weighted by molar-refractivity contribution is -0.141. The molecule has 114 valence electrons. The molecule has 0 aliphatic heterocycles. The van der Waals surface area contributed by atoms with Crippen molar-refractivity contribution in [3.05, 3.63) is 35.4 Å². The zero-order valence-electron chi connectivity index (χ0n) is 12.8. The first-order valence-corrected chi connectivity index (χ1v) is 7.56. The number of rotatable bonds is 5. The van der Waals surface area contributed by atoms with Gasteiger partial charge in [-0.25, -0.2) is 4.79 Å². The molecule has 0 radical (unpaired) electrons. The third-order valence-corrected chi connectivity index (χ3v) is 4.66. The predicted octanol–water partition coefficient (Wildman–Crippen LogP) is 3.31. The number of amides is 1. The SMILES string of the molecule is CCC1(C(=O)N(C)Cc2ccc(C(=O)O)cc2)CCCC1. The van der Waals surface area contributed by atoms with Gasteiger partial charge in [0.2, 0.25) is 5.91 Å². The van der Waals surface area contributed by atoms with E-state index in [2.05, 4.69) is 6.92 Å². The van der Waals surface area contributed by atoms with Crippen LogP contribution in [0.15, 0.2) is 24.3 Å². The lowest BCUT2D eigenvalue weighted by Crippen LogP contribution is -2.39. The van der Waals surface area contributed by atoms with E-state index in [1.165, 1.54) is 0 Å². The molecule has 4 heteroatoms. The van der Waals surface area contributed by atoms with Crippen LogP contribution in [-0.2, 0) is 11.3 Å². The number of carbonyl (C=O) groups excluding carboxylic acids is 1. The summed E-state index contributed by atoms with van der Waals surface area (Å²) in [6.45, 7) is 2.62. The molecule has 0 bridgehead atoms. The molecule has 0 spiro atoms. The Bertz CT molecular complexity index is 515. The van der Waals surface area contributed by atoms with Crippen LogP contribution >= 0.6 is 0 Å². The first-order chi connectivity index (χ1) is 9.98. The summed E-state index contributed by atoms with van der Waals surface area (Å²) in [6, 6.07) is 6.73. The molecule has 1 aliphatic rings. The van der Waals surface area contributed by atoms with E-state index in [0.717, 1.165) is 37.7 Å². The van der Waals surface area contributed by atoms with Crippen molar-refractivity contribution >= 4 is 11.9 Å². The number of carbonyl (C=O) groups is 2. The fourth-order valence-electron chi connectivity index (χ4n) is 3.27. The van der Waals surface area contributed by atoms with E-state index in [0.29, 0.717) is 6.54 Å². The second-order valence-electron chi connectivity index (χ2n) is 6.00. The van der Waals surface area contributed by atoms with Crippen LogP contribution in [0.25, 0.3) is 0 Å². The quantitative estimate of drug-likeness (QED) is 0.904. The number of carboxylic acid groups (broad SMARTS) is 1. The topological polar surface area (TPSA) is 57.6 Å². The number of carboxylic acids is 1. The van der Waals surface area contributed by atoms with Crippen molar-refractivity contribution in [3.63, 3.8) is 0 Å². The maximum absolute atomic E-state index is 12.7. The number of aromatic carboxylic acids is 1. The summed E-state index contributed by atoms with van der Waals surface area (Å²) in [7, 11) is 1.84. The van der Waals surface area contributed by atoms with Gasteiger partial charge in [0, 0.05) is 19.0 Å². The average molecular weight is 289 g/mol. The Labute approximate surface area is 125 Å². The monoisotopic (exact) mass is 289 g/mol. The average Bonchev–Trinajstić information content (AvgIpc) is 2.97. The number of nitrogens with zero attached hydrogens (tertiary/aromatic N) is 1. The number of hydrogen-bond acceptors (Lipinski definition) is 2. The van der Waals surface area contributed by atoms with Gasteiger partial charge in [0.15, 0.2) is 0 Å². The molecule has 1 aromatic carbocycles. The van der Waals surface area contributed by atoms with Gasteiger partial charge in [-0.1, -0.05) is 31.9 Å². The minimum absolute atomic E-state index is 0.171. The first kappa shape index (κ1) is 15.5.